The Hall–Kier alpha value is -3.88. The molecule has 9 nitrogen and oxygen atoms in total. The third kappa shape index (κ3) is 6.38. The van der Waals surface area contributed by atoms with Crippen LogP contribution in [0.2, 0.25) is 0 Å². The van der Waals surface area contributed by atoms with Crippen molar-refractivity contribution in [1.82, 2.24) is 14.1 Å². The van der Waals surface area contributed by atoms with Crippen LogP contribution in [0, 0.1) is 13.8 Å². The highest BCUT2D eigenvalue weighted by Crippen LogP contribution is 2.24. The van der Waals surface area contributed by atoms with Crippen LogP contribution in [0.5, 0.6) is 5.75 Å². The number of esters is 1. The van der Waals surface area contributed by atoms with E-state index in [9.17, 15) is 14.4 Å². The third-order valence-corrected chi connectivity index (χ3v) is 5.49. The second-order valence-electron chi connectivity index (χ2n) is 8.84. The van der Waals surface area contributed by atoms with E-state index in [1.54, 1.807) is 13.0 Å². The van der Waals surface area contributed by atoms with Gasteiger partial charge in [-0.3, -0.25) is 9.36 Å². The number of hydrogen-bond donors (Lipinski definition) is 1. The summed E-state index contributed by atoms with van der Waals surface area (Å²) >= 11 is 0. The summed E-state index contributed by atoms with van der Waals surface area (Å²) in [6.07, 6.45) is -0.0883. The lowest BCUT2D eigenvalue weighted by atomic mass is 10.1. The minimum Gasteiger partial charge on any atom is -0.491 e. The molecule has 0 unspecified atom stereocenters. The summed E-state index contributed by atoms with van der Waals surface area (Å²) < 4.78 is 12.9. The SMILES string of the molecule is COC(=O)C[C@H](C)n1c(=O)nc(Nc2ccc(OC(C)C)c(C)c2)n(Cc2ccc(C)cc2)c1=O. The largest absolute Gasteiger partial charge is 0.491 e. The van der Waals surface area contributed by atoms with Crippen LogP contribution < -0.4 is 21.4 Å². The maximum Gasteiger partial charge on any atom is 0.355 e. The van der Waals surface area contributed by atoms with Gasteiger partial charge in [0.05, 0.1) is 32.2 Å². The van der Waals surface area contributed by atoms with Crippen LogP contribution in [0.3, 0.4) is 0 Å². The number of methoxy groups -OCH3 is 1. The minimum absolute atomic E-state index is 0.0356. The van der Waals surface area contributed by atoms with Gasteiger partial charge < -0.3 is 14.8 Å². The zero-order valence-corrected chi connectivity index (χ0v) is 21.0. The Morgan fingerprint density at radius 1 is 1.06 bits per heavy atom. The molecule has 0 fully saturated rings. The Labute approximate surface area is 204 Å². The van der Waals surface area contributed by atoms with Crippen LogP contribution >= 0.6 is 0 Å². The Morgan fingerprint density at radius 3 is 2.34 bits per heavy atom. The third-order valence-electron chi connectivity index (χ3n) is 5.49. The molecule has 0 saturated carbocycles. The molecule has 0 saturated heterocycles. The second-order valence-corrected chi connectivity index (χ2v) is 8.84. The standard InChI is InChI=1S/C26H32N4O5/c1-16(2)35-22-12-11-21(13-18(22)4)27-24-28-25(32)30(19(5)14-23(31)34-6)26(33)29(24)15-20-9-7-17(3)8-10-20/h7-13,16,19H,14-15H2,1-6H3,(H,27,28,32)/t19-/m0/s1. The first kappa shape index (κ1) is 25.7. The lowest BCUT2D eigenvalue weighted by Gasteiger charge is -2.19. The first-order valence-corrected chi connectivity index (χ1v) is 11.5. The van der Waals surface area contributed by atoms with Crippen LogP contribution in [0.15, 0.2) is 52.1 Å². The van der Waals surface area contributed by atoms with Gasteiger partial charge in [0, 0.05) is 5.69 Å². The number of rotatable bonds is 9. The van der Waals surface area contributed by atoms with E-state index >= 15 is 0 Å². The summed E-state index contributed by atoms with van der Waals surface area (Å²) in [5, 5.41) is 3.12. The average Bonchev–Trinajstić information content (AvgIpc) is 2.79. The number of hydrogen-bond acceptors (Lipinski definition) is 7. The molecular weight excluding hydrogens is 448 g/mol. The van der Waals surface area contributed by atoms with Crippen molar-refractivity contribution >= 4 is 17.6 Å². The molecule has 2 aromatic carbocycles. The van der Waals surface area contributed by atoms with E-state index in [0.717, 1.165) is 27.0 Å². The Bertz CT molecular complexity index is 1310. The van der Waals surface area contributed by atoms with Crippen molar-refractivity contribution in [3.05, 3.63) is 80.1 Å². The summed E-state index contributed by atoms with van der Waals surface area (Å²) in [5.41, 5.74) is 2.20. The van der Waals surface area contributed by atoms with E-state index in [4.69, 9.17) is 9.47 Å². The first-order chi connectivity index (χ1) is 16.6. The maximum atomic E-state index is 13.5. The Morgan fingerprint density at radius 2 is 1.74 bits per heavy atom. The molecule has 1 heterocycles. The number of carbonyl (C=O) groups is 1. The van der Waals surface area contributed by atoms with E-state index in [0.29, 0.717) is 5.69 Å². The number of benzene rings is 2. The monoisotopic (exact) mass is 480 g/mol. The molecule has 186 valence electrons. The molecule has 3 rings (SSSR count). The Kier molecular flexibility index (Phi) is 8.11. The van der Waals surface area contributed by atoms with Crippen molar-refractivity contribution < 1.29 is 14.3 Å². The van der Waals surface area contributed by atoms with Gasteiger partial charge in [0.15, 0.2) is 0 Å². The quantitative estimate of drug-likeness (QED) is 0.465. The van der Waals surface area contributed by atoms with Crippen molar-refractivity contribution in [1.29, 1.82) is 0 Å². The smallest absolute Gasteiger partial charge is 0.355 e. The highest BCUT2D eigenvalue weighted by Gasteiger charge is 2.20. The van der Waals surface area contributed by atoms with Crippen LogP contribution in [0.1, 0.15) is 49.9 Å². The molecule has 0 bridgehead atoms. The number of ether oxygens (including phenoxy) is 2. The van der Waals surface area contributed by atoms with Crippen molar-refractivity contribution in [2.45, 2.75) is 59.7 Å². The fourth-order valence-electron chi connectivity index (χ4n) is 3.66. The molecule has 0 aliphatic carbocycles. The van der Waals surface area contributed by atoms with Gasteiger partial charge in [0.25, 0.3) is 0 Å². The summed E-state index contributed by atoms with van der Waals surface area (Å²) in [7, 11) is 1.26. The summed E-state index contributed by atoms with van der Waals surface area (Å²) in [4.78, 5) is 42.3. The molecule has 0 amide bonds. The van der Waals surface area contributed by atoms with Gasteiger partial charge in [-0.25, -0.2) is 14.2 Å². The predicted molar refractivity (Wildman–Crippen MR) is 135 cm³/mol. The van der Waals surface area contributed by atoms with Gasteiger partial charge >= 0.3 is 17.3 Å². The highest BCUT2D eigenvalue weighted by atomic mass is 16.5. The van der Waals surface area contributed by atoms with E-state index in [2.05, 4.69) is 10.3 Å². The van der Waals surface area contributed by atoms with Crippen LogP contribution in [-0.2, 0) is 16.1 Å². The predicted octanol–water partition coefficient (Wildman–Crippen LogP) is 3.73. The van der Waals surface area contributed by atoms with Gasteiger partial charge in [-0.1, -0.05) is 29.8 Å². The molecule has 0 aliphatic rings. The van der Waals surface area contributed by atoms with Crippen molar-refractivity contribution in [2.24, 2.45) is 0 Å². The first-order valence-electron chi connectivity index (χ1n) is 11.5. The zero-order valence-electron chi connectivity index (χ0n) is 21.0. The summed E-state index contributed by atoms with van der Waals surface area (Å²) in [6, 6.07) is 12.5. The molecule has 0 radical (unpaired) electrons. The molecule has 1 aromatic heterocycles. The molecule has 0 aliphatic heterocycles. The van der Waals surface area contributed by atoms with E-state index in [1.165, 1.54) is 11.7 Å². The lowest BCUT2D eigenvalue weighted by Crippen LogP contribution is -2.44. The zero-order chi connectivity index (χ0) is 25.7. The molecule has 1 N–H and O–H groups in total. The number of aromatic nitrogens is 3. The number of aryl methyl sites for hydroxylation is 2. The fourth-order valence-corrected chi connectivity index (χ4v) is 3.66. The van der Waals surface area contributed by atoms with Crippen LogP contribution in [0.4, 0.5) is 11.6 Å². The number of nitrogens with zero attached hydrogens (tertiary/aromatic N) is 3. The molecule has 9 heteroatoms. The maximum absolute atomic E-state index is 13.5. The van der Waals surface area contributed by atoms with E-state index in [-0.39, 0.29) is 25.0 Å². The van der Waals surface area contributed by atoms with E-state index < -0.39 is 23.4 Å². The van der Waals surface area contributed by atoms with Crippen molar-refractivity contribution in [3.8, 4) is 5.75 Å². The lowest BCUT2D eigenvalue weighted by molar-refractivity contribution is -0.141. The van der Waals surface area contributed by atoms with Gasteiger partial charge in [-0.05, 0) is 63.9 Å². The minimum atomic E-state index is -0.745. The number of carbonyl (C=O) groups excluding carboxylic acids is 1. The average molecular weight is 481 g/mol. The Balaban J connectivity index is 2.06. The van der Waals surface area contributed by atoms with E-state index in [1.807, 2.05) is 64.1 Å². The van der Waals surface area contributed by atoms with Gasteiger partial charge in [-0.2, -0.15) is 4.98 Å². The van der Waals surface area contributed by atoms with Crippen molar-refractivity contribution in [2.75, 3.05) is 12.4 Å². The number of anilines is 2. The molecule has 0 spiro atoms. The van der Waals surface area contributed by atoms with Gasteiger partial charge in [-0.15, -0.1) is 0 Å². The molecular formula is C26H32N4O5. The molecule has 35 heavy (non-hydrogen) atoms. The van der Waals surface area contributed by atoms with Gasteiger partial charge in [0.1, 0.15) is 5.75 Å². The normalized spacial score (nSPS) is 11.9. The van der Waals surface area contributed by atoms with Crippen molar-refractivity contribution in [3.63, 3.8) is 0 Å². The molecule has 1 atom stereocenters. The van der Waals surface area contributed by atoms with Gasteiger partial charge in [0.2, 0.25) is 5.95 Å². The van der Waals surface area contributed by atoms with Crippen LogP contribution in [-0.4, -0.2) is 33.3 Å². The molecule has 3 aromatic rings. The second kappa shape index (κ2) is 11.0. The summed E-state index contributed by atoms with van der Waals surface area (Å²) in [6.45, 7) is 9.61. The highest BCUT2D eigenvalue weighted by molar-refractivity contribution is 5.69. The topological polar surface area (TPSA) is 104 Å². The summed E-state index contributed by atoms with van der Waals surface area (Å²) in [5.74, 6) is 0.344. The number of nitrogens with one attached hydrogen (secondary N) is 1. The fraction of sp³-hybridized carbons (Fsp3) is 0.385. The van der Waals surface area contributed by atoms with Crippen LogP contribution in [0.25, 0.3) is 0 Å².